The van der Waals surface area contributed by atoms with Crippen LogP contribution >= 0.6 is 11.3 Å². The number of thiophene rings is 1. The van der Waals surface area contributed by atoms with Gasteiger partial charge >= 0.3 is 0 Å². The average molecular weight is 421 g/mol. The molecule has 0 saturated carbocycles. The van der Waals surface area contributed by atoms with Crippen molar-refractivity contribution in [1.82, 2.24) is 19.5 Å². The van der Waals surface area contributed by atoms with Gasteiger partial charge in [-0.2, -0.15) is 5.10 Å². The van der Waals surface area contributed by atoms with Gasteiger partial charge in [-0.25, -0.2) is 18.1 Å². The molecule has 3 rings (SSSR count). The minimum atomic E-state index is -3.75. The van der Waals surface area contributed by atoms with E-state index < -0.39 is 15.9 Å². The maximum atomic E-state index is 12.9. The normalized spacial score (nSPS) is 12.5. The van der Waals surface area contributed by atoms with Crippen LogP contribution < -0.4 is 4.72 Å². The number of nitrogens with one attached hydrogen (secondary N) is 1. The lowest BCUT2D eigenvalue weighted by molar-refractivity contribution is 0.0982. The van der Waals surface area contributed by atoms with Gasteiger partial charge in [-0.15, -0.1) is 11.3 Å². The van der Waals surface area contributed by atoms with Gasteiger partial charge in [0.05, 0.1) is 33.0 Å². The molecule has 0 radical (unpaired) electrons. The smallest absolute Gasteiger partial charge is 0.265 e. The summed E-state index contributed by atoms with van der Waals surface area (Å²) in [5.74, 6) is -0.768. The second kappa shape index (κ2) is 7.29. The molecule has 28 heavy (non-hydrogen) atoms. The molecule has 1 N–H and O–H groups in total. The molecule has 3 aromatic rings. The Bertz CT molecular complexity index is 1120. The zero-order valence-electron chi connectivity index (χ0n) is 16.6. The van der Waals surface area contributed by atoms with Gasteiger partial charge in [0, 0.05) is 7.05 Å². The molecule has 1 amide bonds. The number of amides is 1. The number of carbonyl (C=O) groups is 1. The predicted octanol–water partition coefficient (Wildman–Crippen LogP) is 3.50. The maximum absolute atomic E-state index is 12.9. The van der Waals surface area contributed by atoms with Crippen molar-refractivity contribution in [2.45, 2.75) is 34.1 Å². The first-order valence-electron chi connectivity index (χ1n) is 8.90. The van der Waals surface area contributed by atoms with Crippen LogP contribution in [0.1, 0.15) is 43.2 Å². The maximum Gasteiger partial charge on any atom is 0.265 e. The van der Waals surface area contributed by atoms with Crippen LogP contribution in [0.2, 0.25) is 0 Å². The molecule has 0 saturated heterocycles. The summed E-state index contributed by atoms with van der Waals surface area (Å²) in [6.07, 6.45) is 0.452. The van der Waals surface area contributed by atoms with Gasteiger partial charge in [-0.05, 0) is 36.3 Å². The molecule has 9 heteroatoms. The lowest BCUT2D eigenvalue weighted by Gasteiger charge is -2.18. The highest BCUT2D eigenvalue weighted by Crippen LogP contribution is 2.29. The van der Waals surface area contributed by atoms with Crippen molar-refractivity contribution < 1.29 is 13.2 Å². The summed E-state index contributed by atoms with van der Waals surface area (Å²) in [5, 5.41) is 6.83. The number of pyridine rings is 1. The van der Waals surface area contributed by atoms with Gasteiger partial charge in [-0.1, -0.05) is 26.8 Å². The zero-order valence-corrected chi connectivity index (χ0v) is 18.2. The fourth-order valence-corrected chi connectivity index (χ4v) is 4.92. The Morgan fingerprint density at radius 1 is 1.32 bits per heavy atom. The molecule has 0 atom stereocenters. The largest absolute Gasteiger partial charge is 0.268 e. The summed E-state index contributed by atoms with van der Waals surface area (Å²) >= 11 is 1.50. The molecule has 3 aromatic heterocycles. The second-order valence-electron chi connectivity index (χ2n) is 8.00. The molecular formula is C19H24N4O3S2. The standard InChI is InChI=1S/C19H24N4O3S2/c1-12-16-13(18(24)22-28(25,26)10-8-19(2,3)4)11-14(15-7-6-9-27-15)20-17(16)23(5)21-12/h6-7,9,11H,8,10H2,1-5H3,(H,22,24). The van der Waals surface area contributed by atoms with E-state index in [1.165, 1.54) is 11.3 Å². The second-order valence-corrected chi connectivity index (χ2v) is 10.8. The molecule has 0 spiro atoms. The lowest BCUT2D eigenvalue weighted by Crippen LogP contribution is -2.34. The molecule has 0 aliphatic carbocycles. The molecule has 0 fully saturated rings. The van der Waals surface area contributed by atoms with Crippen LogP contribution in [0, 0.1) is 12.3 Å². The van der Waals surface area contributed by atoms with E-state index in [1.54, 1.807) is 24.7 Å². The van der Waals surface area contributed by atoms with Crippen LogP contribution in [-0.2, 0) is 17.1 Å². The molecule has 0 aliphatic heterocycles. The minimum absolute atomic E-state index is 0.111. The van der Waals surface area contributed by atoms with Gasteiger partial charge in [0.25, 0.3) is 5.91 Å². The van der Waals surface area contributed by atoms with Gasteiger partial charge in [0.1, 0.15) is 0 Å². The van der Waals surface area contributed by atoms with E-state index in [9.17, 15) is 13.2 Å². The molecular weight excluding hydrogens is 396 g/mol. The van der Waals surface area contributed by atoms with Crippen molar-refractivity contribution in [3.8, 4) is 10.6 Å². The van der Waals surface area contributed by atoms with Crippen molar-refractivity contribution in [2.24, 2.45) is 12.5 Å². The number of fused-ring (bicyclic) bond motifs is 1. The number of hydrogen-bond acceptors (Lipinski definition) is 6. The van der Waals surface area contributed by atoms with Crippen LogP contribution in [-0.4, -0.2) is 34.8 Å². The van der Waals surface area contributed by atoms with E-state index in [0.29, 0.717) is 28.8 Å². The Morgan fingerprint density at radius 3 is 2.64 bits per heavy atom. The lowest BCUT2D eigenvalue weighted by atomic mass is 9.94. The molecule has 0 bridgehead atoms. The minimum Gasteiger partial charge on any atom is -0.268 e. The van der Waals surface area contributed by atoms with Crippen LogP contribution in [0.3, 0.4) is 0 Å². The first kappa shape index (κ1) is 20.5. The number of sulfonamides is 1. The van der Waals surface area contributed by atoms with E-state index in [4.69, 9.17) is 0 Å². The van der Waals surface area contributed by atoms with E-state index in [1.807, 2.05) is 38.3 Å². The van der Waals surface area contributed by atoms with Crippen LogP contribution in [0.15, 0.2) is 23.6 Å². The number of nitrogens with zero attached hydrogens (tertiary/aromatic N) is 3. The van der Waals surface area contributed by atoms with Crippen molar-refractivity contribution in [3.63, 3.8) is 0 Å². The van der Waals surface area contributed by atoms with Gasteiger partial charge in [0.2, 0.25) is 10.0 Å². The van der Waals surface area contributed by atoms with E-state index in [2.05, 4.69) is 14.8 Å². The number of rotatable bonds is 5. The van der Waals surface area contributed by atoms with Crippen molar-refractivity contribution in [3.05, 3.63) is 34.8 Å². The number of aryl methyl sites for hydroxylation is 2. The summed E-state index contributed by atoms with van der Waals surface area (Å²) in [6, 6.07) is 5.44. The third kappa shape index (κ3) is 4.41. The monoisotopic (exact) mass is 420 g/mol. The highest BCUT2D eigenvalue weighted by Gasteiger charge is 2.24. The highest BCUT2D eigenvalue weighted by atomic mass is 32.2. The van der Waals surface area contributed by atoms with Crippen molar-refractivity contribution in [1.29, 1.82) is 0 Å². The van der Waals surface area contributed by atoms with Crippen LogP contribution in [0.5, 0.6) is 0 Å². The first-order chi connectivity index (χ1) is 13.0. The van der Waals surface area contributed by atoms with E-state index >= 15 is 0 Å². The topological polar surface area (TPSA) is 93.9 Å². The Hall–Kier alpha value is -2.26. The Balaban J connectivity index is 2.02. The van der Waals surface area contributed by atoms with Crippen molar-refractivity contribution >= 4 is 38.3 Å². The Morgan fingerprint density at radius 2 is 2.04 bits per heavy atom. The SMILES string of the molecule is Cc1nn(C)c2nc(-c3cccs3)cc(C(=O)NS(=O)(=O)CCC(C)(C)C)c12. The highest BCUT2D eigenvalue weighted by molar-refractivity contribution is 7.90. The summed E-state index contributed by atoms with van der Waals surface area (Å²) < 4.78 is 28.7. The van der Waals surface area contributed by atoms with E-state index in [-0.39, 0.29) is 16.7 Å². The van der Waals surface area contributed by atoms with Crippen LogP contribution in [0.4, 0.5) is 0 Å². The van der Waals surface area contributed by atoms with Gasteiger partial charge in [-0.3, -0.25) is 9.48 Å². The van der Waals surface area contributed by atoms with Gasteiger partial charge < -0.3 is 0 Å². The molecule has 0 unspecified atom stereocenters. The van der Waals surface area contributed by atoms with Gasteiger partial charge in [0.15, 0.2) is 5.65 Å². The molecule has 3 heterocycles. The summed E-state index contributed by atoms with van der Waals surface area (Å²) in [5.41, 5.74) is 1.90. The molecule has 0 aliphatic rings. The quantitative estimate of drug-likeness (QED) is 0.682. The molecule has 0 aromatic carbocycles. The molecule has 7 nitrogen and oxygen atoms in total. The average Bonchev–Trinajstić information content (AvgIpc) is 3.21. The number of hydrogen-bond donors (Lipinski definition) is 1. The first-order valence-corrected chi connectivity index (χ1v) is 11.4. The summed E-state index contributed by atoms with van der Waals surface area (Å²) in [7, 11) is -2.00. The summed E-state index contributed by atoms with van der Waals surface area (Å²) in [6.45, 7) is 7.66. The Labute approximate surface area is 168 Å². The van der Waals surface area contributed by atoms with E-state index in [0.717, 1.165) is 4.88 Å². The third-order valence-electron chi connectivity index (χ3n) is 4.36. The predicted molar refractivity (Wildman–Crippen MR) is 112 cm³/mol. The fourth-order valence-electron chi connectivity index (χ4n) is 2.86. The number of aromatic nitrogens is 3. The number of carbonyl (C=O) groups excluding carboxylic acids is 1. The third-order valence-corrected chi connectivity index (χ3v) is 6.49. The summed E-state index contributed by atoms with van der Waals surface area (Å²) in [4.78, 5) is 18.5. The zero-order chi connectivity index (χ0) is 20.7. The van der Waals surface area contributed by atoms with Crippen molar-refractivity contribution in [2.75, 3.05) is 5.75 Å². The molecule has 150 valence electrons. The Kier molecular flexibility index (Phi) is 5.33. The fraction of sp³-hybridized carbons (Fsp3) is 0.421. The van der Waals surface area contributed by atoms with Crippen LogP contribution in [0.25, 0.3) is 21.6 Å².